The van der Waals surface area contributed by atoms with Gasteiger partial charge < -0.3 is 5.11 Å². The van der Waals surface area contributed by atoms with Crippen LogP contribution in [0.2, 0.25) is 0 Å². The summed E-state index contributed by atoms with van der Waals surface area (Å²) in [4.78, 5) is 11.4. The summed E-state index contributed by atoms with van der Waals surface area (Å²) in [5, 5.41) is 9.29. The Bertz CT molecular complexity index is 449. The smallest absolute Gasteiger partial charge is 0.322 e. The van der Waals surface area contributed by atoms with Crippen LogP contribution in [-0.4, -0.2) is 41.9 Å². The molecule has 0 aromatic heterocycles. The molecule has 19 heavy (non-hydrogen) atoms. The second-order valence-electron chi connectivity index (χ2n) is 5.81. The van der Waals surface area contributed by atoms with Gasteiger partial charge in [-0.15, -0.1) is 0 Å². The van der Waals surface area contributed by atoms with Crippen molar-refractivity contribution in [2.75, 3.05) is 0 Å². The average molecular weight is 290 g/mol. The second-order valence-corrected chi connectivity index (χ2v) is 7.42. The third-order valence-corrected chi connectivity index (χ3v) is 5.83. The third-order valence-electron chi connectivity index (χ3n) is 3.98. The standard InChI is InChI=1S/C12H22N2O4S/c1-8(2)13-19(17,18)14-10-6-4-3-5-9(10)7-11(14)12(15)16/h8-11,13H,3-7H2,1-2H3,(H,15,16). The van der Waals surface area contributed by atoms with Crippen LogP contribution in [0.4, 0.5) is 0 Å². The number of fused-ring (bicyclic) bond motifs is 1. The molecule has 1 saturated carbocycles. The fourth-order valence-electron chi connectivity index (χ4n) is 3.33. The lowest BCUT2D eigenvalue weighted by Crippen LogP contribution is -2.52. The predicted octanol–water partition coefficient (Wildman–Crippen LogP) is 0.947. The molecule has 0 bridgehead atoms. The number of rotatable bonds is 4. The van der Waals surface area contributed by atoms with E-state index in [0.29, 0.717) is 6.42 Å². The molecule has 0 radical (unpaired) electrons. The zero-order chi connectivity index (χ0) is 14.2. The molecule has 0 spiro atoms. The Morgan fingerprint density at radius 3 is 2.53 bits per heavy atom. The summed E-state index contributed by atoms with van der Waals surface area (Å²) in [6, 6.07) is -1.29. The van der Waals surface area contributed by atoms with E-state index in [-0.39, 0.29) is 18.0 Å². The molecule has 2 N–H and O–H groups in total. The lowest BCUT2D eigenvalue weighted by atomic mass is 9.85. The van der Waals surface area contributed by atoms with Crippen LogP contribution in [0.1, 0.15) is 46.0 Å². The molecule has 2 aliphatic rings. The number of nitrogens with zero attached hydrogens (tertiary/aromatic N) is 1. The van der Waals surface area contributed by atoms with Gasteiger partial charge in [0, 0.05) is 12.1 Å². The molecule has 0 aromatic rings. The Balaban J connectivity index is 2.30. The van der Waals surface area contributed by atoms with E-state index in [1.807, 2.05) is 0 Å². The fraction of sp³-hybridized carbons (Fsp3) is 0.917. The first-order chi connectivity index (χ1) is 8.83. The molecule has 110 valence electrons. The van der Waals surface area contributed by atoms with Gasteiger partial charge in [0.2, 0.25) is 0 Å². The topological polar surface area (TPSA) is 86.7 Å². The van der Waals surface area contributed by atoms with Crippen molar-refractivity contribution in [2.24, 2.45) is 5.92 Å². The van der Waals surface area contributed by atoms with Crippen LogP contribution in [0.3, 0.4) is 0 Å². The van der Waals surface area contributed by atoms with E-state index >= 15 is 0 Å². The minimum Gasteiger partial charge on any atom is -0.480 e. The van der Waals surface area contributed by atoms with E-state index < -0.39 is 22.2 Å². The maximum absolute atomic E-state index is 12.4. The number of carbonyl (C=O) groups is 1. The lowest BCUT2D eigenvalue weighted by Gasteiger charge is -2.32. The van der Waals surface area contributed by atoms with Gasteiger partial charge in [-0.25, -0.2) is 0 Å². The van der Waals surface area contributed by atoms with Crippen molar-refractivity contribution in [3.05, 3.63) is 0 Å². The summed E-state index contributed by atoms with van der Waals surface area (Å²) in [5.41, 5.74) is 0. The first-order valence-electron chi connectivity index (χ1n) is 6.86. The molecule has 1 saturated heterocycles. The predicted molar refractivity (Wildman–Crippen MR) is 70.8 cm³/mol. The Morgan fingerprint density at radius 1 is 1.32 bits per heavy atom. The molecular weight excluding hydrogens is 268 g/mol. The van der Waals surface area contributed by atoms with Crippen LogP contribution >= 0.6 is 0 Å². The van der Waals surface area contributed by atoms with Crippen molar-refractivity contribution >= 4 is 16.2 Å². The number of aliphatic carboxylic acids is 1. The zero-order valence-electron chi connectivity index (χ0n) is 11.4. The van der Waals surface area contributed by atoms with Crippen LogP contribution in [0.5, 0.6) is 0 Å². The summed E-state index contributed by atoms with van der Waals surface area (Å²) in [6.07, 6.45) is 4.19. The van der Waals surface area contributed by atoms with Crippen LogP contribution < -0.4 is 4.72 Å². The van der Waals surface area contributed by atoms with Crippen molar-refractivity contribution in [3.8, 4) is 0 Å². The van der Waals surface area contributed by atoms with Gasteiger partial charge in [-0.3, -0.25) is 4.79 Å². The van der Waals surface area contributed by atoms with Crippen molar-refractivity contribution in [2.45, 2.75) is 64.1 Å². The maximum atomic E-state index is 12.4. The molecule has 6 nitrogen and oxygen atoms in total. The molecule has 0 amide bonds. The van der Waals surface area contributed by atoms with Crippen LogP contribution in [-0.2, 0) is 15.0 Å². The maximum Gasteiger partial charge on any atom is 0.322 e. The molecule has 7 heteroatoms. The summed E-state index contributed by atoms with van der Waals surface area (Å²) in [6.45, 7) is 3.48. The highest BCUT2D eigenvalue weighted by Gasteiger charge is 2.50. The normalized spacial score (nSPS) is 32.5. The van der Waals surface area contributed by atoms with Gasteiger partial charge in [0.05, 0.1) is 0 Å². The number of carboxylic acids is 1. The highest BCUT2D eigenvalue weighted by Crippen LogP contribution is 2.41. The van der Waals surface area contributed by atoms with Crippen LogP contribution in [0.15, 0.2) is 0 Å². The molecule has 2 rings (SSSR count). The summed E-state index contributed by atoms with van der Waals surface area (Å²) in [7, 11) is -3.72. The van der Waals surface area contributed by atoms with Gasteiger partial charge in [-0.2, -0.15) is 17.4 Å². The van der Waals surface area contributed by atoms with Gasteiger partial charge in [0.15, 0.2) is 0 Å². The summed E-state index contributed by atoms with van der Waals surface area (Å²) in [5.74, 6) is -0.845. The van der Waals surface area contributed by atoms with Gasteiger partial charge in [0.25, 0.3) is 10.2 Å². The quantitative estimate of drug-likeness (QED) is 0.807. The molecule has 1 aliphatic carbocycles. The minimum atomic E-state index is -3.72. The van der Waals surface area contributed by atoms with E-state index in [1.165, 1.54) is 4.31 Å². The Hall–Kier alpha value is -0.660. The lowest BCUT2D eigenvalue weighted by molar-refractivity contribution is -0.141. The first-order valence-corrected chi connectivity index (χ1v) is 8.30. The number of carboxylic acid groups (broad SMARTS) is 1. The van der Waals surface area contributed by atoms with E-state index in [0.717, 1.165) is 25.7 Å². The van der Waals surface area contributed by atoms with Gasteiger partial charge in [-0.05, 0) is 39.0 Å². The summed E-state index contributed by atoms with van der Waals surface area (Å²) >= 11 is 0. The van der Waals surface area contributed by atoms with Crippen molar-refractivity contribution in [3.63, 3.8) is 0 Å². The monoisotopic (exact) mass is 290 g/mol. The van der Waals surface area contributed by atoms with Crippen LogP contribution in [0.25, 0.3) is 0 Å². The van der Waals surface area contributed by atoms with E-state index in [2.05, 4.69) is 4.72 Å². The average Bonchev–Trinajstić information content (AvgIpc) is 2.66. The summed E-state index contributed by atoms with van der Waals surface area (Å²) < 4.78 is 28.5. The fourth-order valence-corrected chi connectivity index (χ4v) is 5.20. The second kappa shape index (κ2) is 5.38. The molecule has 3 unspecified atom stereocenters. The number of hydrogen-bond donors (Lipinski definition) is 2. The van der Waals surface area contributed by atoms with Gasteiger partial charge in [-0.1, -0.05) is 12.8 Å². The highest BCUT2D eigenvalue weighted by atomic mass is 32.2. The highest BCUT2D eigenvalue weighted by molar-refractivity contribution is 7.87. The largest absolute Gasteiger partial charge is 0.480 e. The van der Waals surface area contributed by atoms with Crippen molar-refractivity contribution < 1.29 is 18.3 Å². The Labute approximate surface area is 114 Å². The molecule has 0 aromatic carbocycles. The van der Waals surface area contributed by atoms with Gasteiger partial charge >= 0.3 is 5.97 Å². The van der Waals surface area contributed by atoms with Crippen molar-refractivity contribution in [1.82, 2.24) is 9.03 Å². The van der Waals surface area contributed by atoms with Gasteiger partial charge in [0.1, 0.15) is 6.04 Å². The first kappa shape index (κ1) is 14.7. The van der Waals surface area contributed by atoms with E-state index in [9.17, 15) is 18.3 Å². The SMILES string of the molecule is CC(C)NS(=O)(=O)N1C(C(=O)O)CC2CCCCC21. The molecular formula is C12H22N2O4S. The number of nitrogens with one attached hydrogen (secondary N) is 1. The molecule has 1 heterocycles. The Morgan fingerprint density at radius 2 is 1.95 bits per heavy atom. The zero-order valence-corrected chi connectivity index (χ0v) is 12.2. The number of hydrogen-bond acceptors (Lipinski definition) is 3. The van der Waals surface area contributed by atoms with E-state index in [4.69, 9.17) is 0 Å². The molecule has 1 aliphatic heterocycles. The van der Waals surface area contributed by atoms with Crippen molar-refractivity contribution in [1.29, 1.82) is 0 Å². The molecule has 3 atom stereocenters. The Kier molecular flexibility index (Phi) is 4.17. The minimum absolute atomic E-state index is 0.147. The van der Waals surface area contributed by atoms with E-state index in [1.54, 1.807) is 13.8 Å². The third kappa shape index (κ3) is 2.93. The van der Waals surface area contributed by atoms with Crippen LogP contribution in [0, 0.1) is 5.92 Å². The molecule has 2 fully saturated rings.